The SMILES string of the molecule is CC(C)(C)NC(=O)C1CSCN1C(=O)CSCc1nc2sc3c(c2c(=O)[nH]1)CCCC3. The van der Waals surface area contributed by atoms with E-state index in [9.17, 15) is 14.4 Å². The molecule has 168 valence electrons. The summed E-state index contributed by atoms with van der Waals surface area (Å²) in [4.78, 5) is 49.3. The number of aromatic amines is 1. The maximum Gasteiger partial charge on any atom is 0.259 e. The van der Waals surface area contributed by atoms with E-state index in [0.29, 0.717) is 23.2 Å². The molecule has 2 aliphatic rings. The number of thioether (sulfide) groups is 2. The highest BCUT2D eigenvalue weighted by molar-refractivity contribution is 7.99. The molecule has 2 aromatic heterocycles. The number of thiophene rings is 1. The van der Waals surface area contributed by atoms with Crippen LogP contribution >= 0.6 is 34.9 Å². The number of nitrogens with one attached hydrogen (secondary N) is 2. The average molecular weight is 481 g/mol. The van der Waals surface area contributed by atoms with Gasteiger partial charge in [0.25, 0.3) is 5.56 Å². The van der Waals surface area contributed by atoms with Crippen molar-refractivity contribution in [3.8, 4) is 0 Å². The molecule has 1 unspecified atom stereocenters. The number of amides is 2. The molecule has 0 radical (unpaired) electrons. The lowest BCUT2D eigenvalue weighted by atomic mass is 9.97. The maximum atomic E-state index is 12.7. The standard InChI is InChI=1S/C21H28N4O3S3/c1-21(2,3)24-18(27)13-8-30-11-25(13)16(26)10-29-9-15-22-19(28)17-12-6-4-5-7-14(12)31-20(17)23-15/h13H,4-11H2,1-3H3,(H,24,27)(H,22,23,28). The first-order valence-electron chi connectivity index (χ1n) is 10.5. The first-order chi connectivity index (χ1) is 14.7. The third kappa shape index (κ3) is 5.12. The molecule has 0 aromatic carbocycles. The normalized spacial score (nSPS) is 18.9. The van der Waals surface area contributed by atoms with Crippen LogP contribution in [0.25, 0.3) is 10.2 Å². The number of carbonyl (C=O) groups excluding carboxylic acids is 2. The summed E-state index contributed by atoms with van der Waals surface area (Å²) in [5.74, 6) is 2.30. The molecule has 1 fully saturated rings. The Morgan fingerprint density at radius 2 is 2.06 bits per heavy atom. The van der Waals surface area contributed by atoms with Crippen LogP contribution in [0.5, 0.6) is 0 Å². The van der Waals surface area contributed by atoms with Crippen LogP contribution in [0.3, 0.4) is 0 Å². The van der Waals surface area contributed by atoms with Crippen molar-refractivity contribution in [3.63, 3.8) is 0 Å². The number of carbonyl (C=O) groups is 2. The number of nitrogens with zero attached hydrogens (tertiary/aromatic N) is 2. The van der Waals surface area contributed by atoms with Gasteiger partial charge in [0, 0.05) is 16.2 Å². The van der Waals surface area contributed by atoms with E-state index in [1.807, 2.05) is 20.8 Å². The van der Waals surface area contributed by atoms with Gasteiger partial charge in [0.2, 0.25) is 11.8 Å². The Kier molecular flexibility index (Phi) is 6.69. The average Bonchev–Trinajstić information content (AvgIpc) is 3.31. The van der Waals surface area contributed by atoms with Crippen LogP contribution in [-0.2, 0) is 28.2 Å². The van der Waals surface area contributed by atoms with Gasteiger partial charge in [-0.3, -0.25) is 14.4 Å². The van der Waals surface area contributed by atoms with E-state index in [2.05, 4.69) is 15.3 Å². The number of rotatable bonds is 5. The smallest absolute Gasteiger partial charge is 0.259 e. The van der Waals surface area contributed by atoms with E-state index in [4.69, 9.17) is 0 Å². The maximum absolute atomic E-state index is 12.7. The molecule has 7 nitrogen and oxygen atoms in total. The number of fused-ring (bicyclic) bond motifs is 3. The Balaban J connectivity index is 1.37. The molecule has 10 heteroatoms. The van der Waals surface area contributed by atoms with Crippen molar-refractivity contribution >= 4 is 56.9 Å². The van der Waals surface area contributed by atoms with Crippen molar-refractivity contribution in [1.82, 2.24) is 20.2 Å². The lowest BCUT2D eigenvalue weighted by Gasteiger charge is -2.27. The van der Waals surface area contributed by atoms with Crippen molar-refractivity contribution in [3.05, 3.63) is 26.6 Å². The van der Waals surface area contributed by atoms with Crippen LogP contribution in [0.15, 0.2) is 4.79 Å². The van der Waals surface area contributed by atoms with E-state index in [0.717, 1.165) is 29.5 Å². The lowest BCUT2D eigenvalue weighted by Crippen LogP contribution is -2.52. The zero-order chi connectivity index (χ0) is 22.2. The molecule has 1 aliphatic heterocycles. The van der Waals surface area contributed by atoms with E-state index < -0.39 is 6.04 Å². The van der Waals surface area contributed by atoms with Gasteiger partial charge in [-0.05, 0) is 52.0 Å². The molecular weight excluding hydrogens is 452 g/mol. The highest BCUT2D eigenvalue weighted by atomic mass is 32.2. The van der Waals surface area contributed by atoms with Crippen LogP contribution in [0.4, 0.5) is 0 Å². The summed E-state index contributed by atoms with van der Waals surface area (Å²) in [6, 6.07) is -0.427. The molecule has 2 N–H and O–H groups in total. The number of H-pyrrole nitrogens is 1. The fourth-order valence-corrected chi connectivity index (χ4v) is 7.19. The summed E-state index contributed by atoms with van der Waals surface area (Å²) >= 11 is 4.65. The molecule has 1 atom stereocenters. The molecule has 1 saturated heterocycles. The second kappa shape index (κ2) is 9.15. The van der Waals surface area contributed by atoms with Crippen LogP contribution < -0.4 is 10.9 Å². The molecule has 1 aliphatic carbocycles. The Morgan fingerprint density at radius 1 is 1.29 bits per heavy atom. The molecule has 2 amide bonds. The molecule has 2 aromatic rings. The first kappa shape index (κ1) is 22.7. The number of aromatic nitrogens is 2. The van der Waals surface area contributed by atoms with Crippen molar-refractivity contribution in [1.29, 1.82) is 0 Å². The minimum absolute atomic E-state index is 0.0564. The van der Waals surface area contributed by atoms with Crippen LogP contribution in [0.1, 0.15) is 49.9 Å². The third-order valence-corrected chi connectivity index (χ3v) is 8.47. The second-order valence-corrected chi connectivity index (χ2v) is 12.1. The zero-order valence-electron chi connectivity index (χ0n) is 18.1. The summed E-state index contributed by atoms with van der Waals surface area (Å²) in [6.45, 7) is 5.80. The van der Waals surface area contributed by atoms with Gasteiger partial charge in [0.15, 0.2) is 0 Å². The van der Waals surface area contributed by atoms with Crippen molar-refractivity contribution in [2.24, 2.45) is 0 Å². The molecule has 4 rings (SSSR count). The molecule has 0 spiro atoms. The lowest BCUT2D eigenvalue weighted by molar-refractivity contribution is -0.136. The highest BCUT2D eigenvalue weighted by Crippen LogP contribution is 2.33. The topological polar surface area (TPSA) is 95.2 Å². The van der Waals surface area contributed by atoms with Gasteiger partial charge in [-0.25, -0.2) is 4.98 Å². The Morgan fingerprint density at radius 3 is 2.84 bits per heavy atom. The minimum atomic E-state index is -0.427. The van der Waals surface area contributed by atoms with Crippen LogP contribution in [0.2, 0.25) is 0 Å². The van der Waals surface area contributed by atoms with E-state index >= 15 is 0 Å². The van der Waals surface area contributed by atoms with Crippen LogP contribution in [-0.4, -0.2) is 55.6 Å². The number of hydrogen-bond acceptors (Lipinski definition) is 7. The van der Waals surface area contributed by atoms with E-state index in [1.165, 1.54) is 28.6 Å². The van der Waals surface area contributed by atoms with Gasteiger partial charge < -0.3 is 15.2 Å². The van der Waals surface area contributed by atoms with Gasteiger partial charge in [0.05, 0.1) is 22.8 Å². The van der Waals surface area contributed by atoms with Gasteiger partial charge in [-0.2, -0.15) is 0 Å². The molecule has 3 heterocycles. The van der Waals surface area contributed by atoms with Gasteiger partial charge in [0.1, 0.15) is 16.7 Å². The third-order valence-electron chi connectivity index (χ3n) is 5.34. The van der Waals surface area contributed by atoms with Gasteiger partial charge >= 0.3 is 0 Å². The minimum Gasteiger partial charge on any atom is -0.350 e. The summed E-state index contributed by atoms with van der Waals surface area (Å²) in [5, 5.41) is 3.73. The highest BCUT2D eigenvalue weighted by Gasteiger charge is 2.35. The largest absolute Gasteiger partial charge is 0.350 e. The molecule has 0 bridgehead atoms. The summed E-state index contributed by atoms with van der Waals surface area (Å²) in [5.41, 5.74) is 0.784. The fourth-order valence-electron chi connectivity index (χ4n) is 3.95. The van der Waals surface area contributed by atoms with Gasteiger partial charge in [-0.1, -0.05) is 0 Å². The Bertz CT molecular complexity index is 1060. The Hall–Kier alpha value is -1.52. The number of hydrogen-bond donors (Lipinski definition) is 2. The Labute approximate surface area is 194 Å². The van der Waals surface area contributed by atoms with Crippen molar-refractivity contribution < 1.29 is 9.59 Å². The molecule has 0 saturated carbocycles. The van der Waals surface area contributed by atoms with E-state index in [-0.39, 0.29) is 28.7 Å². The van der Waals surface area contributed by atoms with Crippen molar-refractivity contribution in [2.75, 3.05) is 17.4 Å². The van der Waals surface area contributed by atoms with E-state index in [1.54, 1.807) is 28.0 Å². The van der Waals surface area contributed by atoms with Gasteiger partial charge in [-0.15, -0.1) is 34.9 Å². The van der Waals surface area contributed by atoms with Crippen molar-refractivity contribution in [2.45, 2.75) is 63.8 Å². The zero-order valence-corrected chi connectivity index (χ0v) is 20.5. The second-order valence-electron chi connectivity index (χ2n) is 9.01. The quantitative estimate of drug-likeness (QED) is 0.683. The monoisotopic (exact) mass is 480 g/mol. The summed E-state index contributed by atoms with van der Waals surface area (Å²) in [7, 11) is 0. The summed E-state index contributed by atoms with van der Waals surface area (Å²) < 4.78 is 0. The number of aryl methyl sites for hydroxylation is 2. The fraction of sp³-hybridized carbons (Fsp3) is 0.619. The molecule has 31 heavy (non-hydrogen) atoms. The predicted octanol–water partition coefficient (Wildman–Crippen LogP) is 2.91. The van der Waals surface area contributed by atoms with Crippen LogP contribution in [0, 0.1) is 0 Å². The molecular formula is C21H28N4O3S3. The predicted molar refractivity (Wildman–Crippen MR) is 129 cm³/mol. The first-order valence-corrected chi connectivity index (χ1v) is 13.7. The summed E-state index contributed by atoms with van der Waals surface area (Å²) in [6.07, 6.45) is 4.29.